The van der Waals surface area contributed by atoms with E-state index in [9.17, 15) is 0 Å². The number of hydrogen-bond acceptors (Lipinski definition) is 3. The zero-order valence-corrected chi connectivity index (χ0v) is 12.2. The molecule has 0 aliphatic carbocycles. The van der Waals surface area contributed by atoms with Crippen molar-refractivity contribution in [2.45, 2.75) is 6.42 Å². The summed E-state index contributed by atoms with van der Waals surface area (Å²) in [5.74, 6) is 1.11. The summed E-state index contributed by atoms with van der Waals surface area (Å²) in [6, 6.07) is 9.90. The molecular formula is C15H12ClN3S. The van der Waals surface area contributed by atoms with Crippen LogP contribution in [-0.2, 0) is 6.42 Å². The number of anilines is 1. The first-order valence-electron chi connectivity index (χ1n) is 6.47. The van der Waals surface area contributed by atoms with E-state index >= 15 is 0 Å². The molecule has 3 nitrogen and oxygen atoms in total. The average molecular weight is 302 g/mol. The number of halogens is 1. The van der Waals surface area contributed by atoms with Crippen LogP contribution in [0.25, 0.3) is 16.9 Å². The minimum Gasteiger partial charge on any atom is -0.369 e. The number of fused-ring (bicyclic) bond motifs is 1. The van der Waals surface area contributed by atoms with E-state index in [1.807, 2.05) is 28.9 Å². The molecule has 0 unspecified atom stereocenters. The van der Waals surface area contributed by atoms with Crippen molar-refractivity contribution in [3.8, 4) is 16.9 Å². The molecule has 1 aliphatic rings. The summed E-state index contributed by atoms with van der Waals surface area (Å²) in [5.41, 5.74) is 4.61. The number of nitrogens with one attached hydrogen (secondary N) is 1. The molecule has 100 valence electrons. The molecule has 3 aromatic rings. The quantitative estimate of drug-likeness (QED) is 0.768. The van der Waals surface area contributed by atoms with E-state index in [2.05, 4.69) is 22.1 Å². The minimum atomic E-state index is 0.739. The molecule has 3 heterocycles. The lowest BCUT2D eigenvalue weighted by molar-refractivity contribution is 0.883. The van der Waals surface area contributed by atoms with Crippen LogP contribution in [0.4, 0.5) is 5.82 Å². The second-order valence-electron chi connectivity index (χ2n) is 4.75. The molecule has 1 aromatic carbocycles. The lowest BCUT2D eigenvalue weighted by atomic mass is 10.1. The second kappa shape index (κ2) is 4.65. The highest BCUT2D eigenvalue weighted by molar-refractivity contribution is 7.08. The van der Waals surface area contributed by atoms with Gasteiger partial charge in [-0.15, -0.1) is 0 Å². The molecule has 0 bridgehead atoms. The number of benzene rings is 1. The highest BCUT2D eigenvalue weighted by Gasteiger charge is 2.23. The van der Waals surface area contributed by atoms with Gasteiger partial charge in [0.1, 0.15) is 5.82 Å². The molecule has 20 heavy (non-hydrogen) atoms. The molecular weight excluding hydrogens is 290 g/mol. The first-order chi connectivity index (χ1) is 9.83. The molecule has 1 N–H and O–H groups in total. The number of thiophene rings is 1. The van der Waals surface area contributed by atoms with Gasteiger partial charge >= 0.3 is 0 Å². The van der Waals surface area contributed by atoms with Gasteiger partial charge in [0.15, 0.2) is 0 Å². The Morgan fingerprint density at radius 1 is 1.20 bits per heavy atom. The summed E-state index contributed by atoms with van der Waals surface area (Å²) in [5, 5.41) is 13.2. The van der Waals surface area contributed by atoms with Crippen LogP contribution in [0.15, 0.2) is 41.1 Å². The van der Waals surface area contributed by atoms with Gasteiger partial charge in [-0.2, -0.15) is 16.4 Å². The van der Waals surface area contributed by atoms with Crippen LogP contribution in [0.3, 0.4) is 0 Å². The molecule has 0 atom stereocenters. The van der Waals surface area contributed by atoms with Crippen molar-refractivity contribution >= 4 is 28.8 Å². The normalized spacial score (nSPS) is 13.2. The summed E-state index contributed by atoms with van der Waals surface area (Å²) in [6.07, 6.45) is 1.02. The van der Waals surface area contributed by atoms with Crippen LogP contribution in [-0.4, -0.2) is 16.3 Å². The van der Waals surface area contributed by atoms with Gasteiger partial charge in [-0.05, 0) is 42.1 Å². The SMILES string of the molecule is Clc1ccc(-n2nc(-c3ccsc3)c3c2NCC3)cc1. The van der Waals surface area contributed by atoms with Crippen LogP contribution in [0.1, 0.15) is 5.56 Å². The van der Waals surface area contributed by atoms with Crippen LogP contribution in [0.2, 0.25) is 5.02 Å². The van der Waals surface area contributed by atoms with Crippen molar-refractivity contribution in [2.75, 3.05) is 11.9 Å². The van der Waals surface area contributed by atoms with Gasteiger partial charge in [-0.3, -0.25) is 0 Å². The van der Waals surface area contributed by atoms with Crippen LogP contribution in [0, 0.1) is 0 Å². The Labute approximate surface area is 125 Å². The van der Waals surface area contributed by atoms with Crippen molar-refractivity contribution in [1.29, 1.82) is 0 Å². The third-order valence-electron chi connectivity index (χ3n) is 3.52. The maximum Gasteiger partial charge on any atom is 0.133 e. The summed E-state index contributed by atoms with van der Waals surface area (Å²) in [6.45, 7) is 0.970. The molecule has 0 saturated heterocycles. The van der Waals surface area contributed by atoms with Gasteiger partial charge in [-0.1, -0.05) is 11.6 Å². The summed E-state index contributed by atoms with van der Waals surface area (Å²) >= 11 is 7.66. The van der Waals surface area contributed by atoms with E-state index in [0.29, 0.717) is 0 Å². The fourth-order valence-corrected chi connectivity index (χ4v) is 3.34. The van der Waals surface area contributed by atoms with E-state index in [-0.39, 0.29) is 0 Å². The van der Waals surface area contributed by atoms with Crippen molar-refractivity contribution in [3.05, 3.63) is 51.7 Å². The first-order valence-corrected chi connectivity index (χ1v) is 7.79. The maximum absolute atomic E-state index is 5.96. The minimum absolute atomic E-state index is 0.739. The Kier molecular flexibility index (Phi) is 2.79. The Bertz CT molecular complexity index is 744. The predicted octanol–water partition coefficient (Wildman–Crippen LogP) is 4.22. The lowest BCUT2D eigenvalue weighted by Crippen LogP contribution is -2.04. The third-order valence-corrected chi connectivity index (χ3v) is 4.45. The van der Waals surface area contributed by atoms with Gasteiger partial charge < -0.3 is 5.32 Å². The summed E-state index contributed by atoms with van der Waals surface area (Å²) in [7, 11) is 0. The van der Waals surface area contributed by atoms with Crippen molar-refractivity contribution in [2.24, 2.45) is 0 Å². The van der Waals surface area contributed by atoms with Crippen molar-refractivity contribution in [1.82, 2.24) is 9.78 Å². The maximum atomic E-state index is 5.96. The van der Waals surface area contributed by atoms with Gasteiger partial charge in [0, 0.05) is 28.1 Å². The monoisotopic (exact) mass is 301 g/mol. The fourth-order valence-electron chi connectivity index (χ4n) is 2.57. The molecule has 0 fully saturated rings. The first kappa shape index (κ1) is 12.0. The van der Waals surface area contributed by atoms with E-state index in [4.69, 9.17) is 16.7 Å². The Balaban J connectivity index is 1.89. The topological polar surface area (TPSA) is 29.9 Å². The zero-order valence-electron chi connectivity index (χ0n) is 10.6. The molecule has 4 rings (SSSR count). The van der Waals surface area contributed by atoms with Gasteiger partial charge in [0.25, 0.3) is 0 Å². The van der Waals surface area contributed by atoms with Gasteiger partial charge in [-0.25, -0.2) is 4.68 Å². The van der Waals surface area contributed by atoms with E-state index in [1.165, 1.54) is 11.1 Å². The van der Waals surface area contributed by atoms with Crippen molar-refractivity contribution in [3.63, 3.8) is 0 Å². The van der Waals surface area contributed by atoms with E-state index < -0.39 is 0 Å². The fraction of sp³-hybridized carbons (Fsp3) is 0.133. The third kappa shape index (κ3) is 1.84. The standard InChI is InChI=1S/C15H12ClN3S/c16-11-1-3-12(4-2-11)19-15-13(5-7-17-15)14(18-19)10-6-8-20-9-10/h1-4,6,8-9,17H,5,7H2. The summed E-state index contributed by atoms with van der Waals surface area (Å²) in [4.78, 5) is 0. The molecule has 2 aromatic heterocycles. The Hall–Kier alpha value is -1.78. The summed E-state index contributed by atoms with van der Waals surface area (Å²) < 4.78 is 1.98. The molecule has 1 aliphatic heterocycles. The molecule has 0 spiro atoms. The van der Waals surface area contributed by atoms with Crippen LogP contribution < -0.4 is 5.32 Å². The molecule has 0 radical (unpaired) electrons. The average Bonchev–Trinajstić information content (AvgIpc) is 3.16. The zero-order chi connectivity index (χ0) is 13.5. The highest BCUT2D eigenvalue weighted by atomic mass is 35.5. The molecule has 0 saturated carbocycles. The number of aromatic nitrogens is 2. The van der Waals surface area contributed by atoms with Gasteiger partial charge in [0.05, 0.1) is 11.4 Å². The van der Waals surface area contributed by atoms with Crippen LogP contribution >= 0.6 is 22.9 Å². The van der Waals surface area contributed by atoms with Gasteiger partial charge in [0.2, 0.25) is 0 Å². The van der Waals surface area contributed by atoms with Crippen molar-refractivity contribution < 1.29 is 0 Å². The lowest BCUT2D eigenvalue weighted by Gasteiger charge is -2.06. The number of nitrogens with zero attached hydrogens (tertiary/aromatic N) is 2. The second-order valence-corrected chi connectivity index (χ2v) is 5.97. The van der Waals surface area contributed by atoms with Crippen LogP contribution in [0.5, 0.6) is 0 Å². The smallest absolute Gasteiger partial charge is 0.133 e. The van der Waals surface area contributed by atoms with E-state index in [0.717, 1.165) is 35.2 Å². The molecule has 0 amide bonds. The number of rotatable bonds is 2. The Morgan fingerprint density at radius 3 is 2.80 bits per heavy atom. The highest BCUT2D eigenvalue weighted by Crippen LogP contribution is 2.35. The predicted molar refractivity (Wildman–Crippen MR) is 84.1 cm³/mol. The molecule has 5 heteroatoms. The Morgan fingerprint density at radius 2 is 2.05 bits per heavy atom. The number of hydrogen-bond donors (Lipinski definition) is 1. The largest absolute Gasteiger partial charge is 0.369 e. The van der Waals surface area contributed by atoms with E-state index in [1.54, 1.807) is 11.3 Å².